The van der Waals surface area contributed by atoms with Crippen LogP contribution in [0.3, 0.4) is 0 Å². The van der Waals surface area contributed by atoms with Crippen LogP contribution in [0.5, 0.6) is 0 Å². The molecule has 0 saturated heterocycles. The number of aromatic nitrogens is 2. The molecule has 0 aliphatic carbocycles. The molecule has 0 aliphatic heterocycles. The highest BCUT2D eigenvalue weighted by Crippen LogP contribution is 2.18. The minimum absolute atomic E-state index is 0. The SMILES string of the molecule is CCNC(=NCC(C)(C)C(=O)NC)NCC(C)(O)c1cnn(C)c1.I. The molecule has 1 amide bonds. The first kappa shape index (κ1) is 23.6. The Hall–Kier alpha value is -1.36. The van der Waals surface area contributed by atoms with Crippen molar-refractivity contribution in [3.05, 3.63) is 18.0 Å². The summed E-state index contributed by atoms with van der Waals surface area (Å²) in [5.41, 5.74) is -0.969. The molecule has 0 radical (unpaired) electrons. The summed E-state index contributed by atoms with van der Waals surface area (Å²) in [6, 6.07) is 0. The number of hydrogen-bond acceptors (Lipinski definition) is 4. The van der Waals surface area contributed by atoms with Gasteiger partial charge in [-0.05, 0) is 27.7 Å². The zero-order chi connectivity index (χ0) is 18.4. The van der Waals surface area contributed by atoms with Crippen LogP contribution >= 0.6 is 24.0 Å². The summed E-state index contributed by atoms with van der Waals surface area (Å²) in [4.78, 5) is 16.3. The average molecular weight is 466 g/mol. The van der Waals surface area contributed by atoms with Gasteiger partial charge in [-0.2, -0.15) is 5.10 Å². The smallest absolute Gasteiger partial charge is 0.227 e. The fourth-order valence-corrected chi connectivity index (χ4v) is 2.09. The Kier molecular flexibility index (Phi) is 9.41. The number of guanidine groups is 1. The maximum absolute atomic E-state index is 11.8. The lowest BCUT2D eigenvalue weighted by Gasteiger charge is -2.25. The molecule has 0 bridgehead atoms. The Morgan fingerprint density at radius 2 is 2.00 bits per heavy atom. The second-order valence-electron chi connectivity index (χ2n) is 6.69. The van der Waals surface area contributed by atoms with Crippen molar-refractivity contribution in [2.75, 3.05) is 26.7 Å². The van der Waals surface area contributed by atoms with Gasteiger partial charge in [0.25, 0.3) is 0 Å². The lowest BCUT2D eigenvalue weighted by Crippen LogP contribution is -2.45. The highest BCUT2D eigenvalue weighted by atomic mass is 127. The number of nitrogens with one attached hydrogen (secondary N) is 3. The number of nitrogens with zero attached hydrogens (tertiary/aromatic N) is 3. The Bertz CT molecular complexity index is 583. The van der Waals surface area contributed by atoms with E-state index in [0.29, 0.717) is 19.0 Å². The summed E-state index contributed by atoms with van der Waals surface area (Å²) in [5.74, 6) is 0.489. The van der Waals surface area contributed by atoms with E-state index in [1.54, 1.807) is 38.1 Å². The molecular weight excluding hydrogens is 435 g/mol. The minimum atomic E-state index is -1.08. The van der Waals surface area contributed by atoms with Crippen molar-refractivity contribution in [1.29, 1.82) is 0 Å². The fourth-order valence-electron chi connectivity index (χ4n) is 2.09. The first-order valence-electron chi connectivity index (χ1n) is 8.08. The van der Waals surface area contributed by atoms with Gasteiger partial charge < -0.3 is 21.1 Å². The van der Waals surface area contributed by atoms with Gasteiger partial charge in [-0.3, -0.25) is 14.5 Å². The summed E-state index contributed by atoms with van der Waals surface area (Å²) in [5, 5.41) is 23.6. The highest BCUT2D eigenvalue weighted by molar-refractivity contribution is 14.0. The molecule has 1 aromatic rings. The quantitative estimate of drug-likeness (QED) is 0.267. The maximum Gasteiger partial charge on any atom is 0.227 e. The van der Waals surface area contributed by atoms with Gasteiger partial charge in [-0.25, -0.2) is 0 Å². The third kappa shape index (κ3) is 7.18. The van der Waals surface area contributed by atoms with Gasteiger partial charge in [-0.1, -0.05) is 0 Å². The number of carbonyl (C=O) groups excluding carboxylic acids is 1. The van der Waals surface area contributed by atoms with Crippen LogP contribution in [0.1, 0.15) is 33.3 Å². The van der Waals surface area contributed by atoms with Gasteiger partial charge in [0, 0.05) is 32.4 Å². The van der Waals surface area contributed by atoms with Crippen molar-refractivity contribution >= 4 is 35.8 Å². The first-order valence-corrected chi connectivity index (χ1v) is 8.08. The van der Waals surface area contributed by atoms with Crippen LogP contribution in [0, 0.1) is 5.41 Å². The predicted molar refractivity (Wildman–Crippen MR) is 110 cm³/mol. The van der Waals surface area contributed by atoms with E-state index in [1.165, 1.54) is 0 Å². The molecule has 4 N–H and O–H groups in total. The predicted octanol–water partition coefficient (Wildman–Crippen LogP) is 0.573. The average Bonchev–Trinajstić information content (AvgIpc) is 2.96. The number of hydrogen-bond donors (Lipinski definition) is 4. The number of amides is 1. The van der Waals surface area contributed by atoms with Crippen molar-refractivity contribution < 1.29 is 9.90 Å². The number of aliphatic imine (C=N–C) groups is 1. The Labute approximate surface area is 166 Å². The van der Waals surface area contributed by atoms with E-state index in [1.807, 2.05) is 20.8 Å². The maximum atomic E-state index is 11.8. The van der Waals surface area contributed by atoms with Crippen molar-refractivity contribution in [1.82, 2.24) is 25.7 Å². The van der Waals surface area contributed by atoms with Crippen LogP contribution in [0.25, 0.3) is 0 Å². The summed E-state index contributed by atoms with van der Waals surface area (Å²) < 4.78 is 1.65. The van der Waals surface area contributed by atoms with Crippen molar-refractivity contribution in [3.8, 4) is 0 Å². The summed E-state index contributed by atoms with van der Waals surface area (Å²) in [6.45, 7) is 8.63. The van der Waals surface area contributed by atoms with Gasteiger partial charge in [-0.15, -0.1) is 24.0 Å². The largest absolute Gasteiger partial charge is 0.383 e. The number of rotatable bonds is 7. The molecule has 0 aromatic carbocycles. The van der Waals surface area contributed by atoms with E-state index < -0.39 is 11.0 Å². The molecule has 1 rings (SSSR count). The van der Waals surface area contributed by atoms with Crippen molar-refractivity contribution in [2.45, 2.75) is 33.3 Å². The molecule has 0 spiro atoms. The van der Waals surface area contributed by atoms with Gasteiger partial charge >= 0.3 is 0 Å². The molecule has 0 aliphatic rings. The number of carbonyl (C=O) groups is 1. The van der Waals surface area contributed by atoms with Crippen LogP contribution in [0.2, 0.25) is 0 Å². The van der Waals surface area contributed by atoms with Gasteiger partial charge in [0.1, 0.15) is 5.60 Å². The molecule has 9 heteroatoms. The standard InChI is InChI=1S/C16H30N6O2.HI/c1-7-18-14(19-10-15(2,3)13(23)17-5)20-11-16(4,24)12-8-21-22(6)9-12;/h8-9,24H,7,10-11H2,1-6H3,(H,17,23)(H2,18,19,20);1H. The lowest BCUT2D eigenvalue weighted by molar-refractivity contribution is -0.128. The van der Waals surface area contributed by atoms with Crippen molar-refractivity contribution in [2.24, 2.45) is 17.5 Å². The van der Waals surface area contributed by atoms with Gasteiger partial charge in [0.15, 0.2) is 5.96 Å². The van der Waals surface area contributed by atoms with E-state index in [-0.39, 0.29) is 36.4 Å². The molecule has 25 heavy (non-hydrogen) atoms. The number of aryl methyl sites for hydroxylation is 1. The van der Waals surface area contributed by atoms with Crippen LogP contribution < -0.4 is 16.0 Å². The zero-order valence-corrected chi connectivity index (χ0v) is 18.2. The second-order valence-corrected chi connectivity index (χ2v) is 6.69. The Morgan fingerprint density at radius 1 is 1.36 bits per heavy atom. The number of halogens is 1. The van der Waals surface area contributed by atoms with Gasteiger partial charge in [0.2, 0.25) is 5.91 Å². The molecule has 1 unspecified atom stereocenters. The second kappa shape index (κ2) is 9.95. The van der Waals surface area contributed by atoms with E-state index >= 15 is 0 Å². The summed E-state index contributed by atoms with van der Waals surface area (Å²) in [7, 11) is 3.42. The van der Waals surface area contributed by atoms with E-state index in [4.69, 9.17) is 0 Å². The fraction of sp³-hybridized carbons (Fsp3) is 0.688. The van der Waals surface area contributed by atoms with Crippen LogP contribution in [-0.2, 0) is 17.4 Å². The molecule has 0 fully saturated rings. The highest BCUT2D eigenvalue weighted by Gasteiger charge is 2.27. The molecular formula is C16H31IN6O2. The van der Waals surface area contributed by atoms with E-state index in [9.17, 15) is 9.90 Å². The van der Waals surface area contributed by atoms with Crippen molar-refractivity contribution in [3.63, 3.8) is 0 Å². The Morgan fingerprint density at radius 3 is 2.48 bits per heavy atom. The third-order valence-electron chi connectivity index (χ3n) is 3.75. The monoisotopic (exact) mass is 466 g/mol. The lowest BCUT2D eigenvalue weighted by atomic mass is 9.93. The molecule has 1 heterocycles. The van der Waals surface area contributed by atoms with E-state index in [0.717, 1.165) is 5.56 Å². The van der Waals surface area contributed by atoms with Gasteiger partial charge in [0.05, 0.1) is 24.7 Å². The molecule has 1 aromatic heterocycles. The first-order chi connectivity index (χ1) is 11.1. The minimum Gasteiger partial charge on any atom is -0.383 e. The van der Waals surface area contributed by atoms with Crippen LogP contribution in [0.4, 0.5) is 0 Å². The topological polar surface area (TPSA) is 104 Å². The third-order valence-corrected chi connectivity index (χ3v) is 3.75. The molecule has 0 saturated carbocycles. The number of aliphatic hydroxyl groups is 1. The zero-order valence-electron chi connectivity index (χ0n) is 15.9. The summed E-state index contributed by atoms with van der Waals surface area (Å²) >= 11 is 0. The summed E-state index contributed by atoms with van der Waals surface area (Å²) in [6.07, 6.45) is 3.42. The Balaban J connectivity index is 0.00000576. The molecule has 144 valence electrons. The van der Waals surface area contributed by atoms with Crippen LogP contribution in [-0.4, -0.2) is 53.4 Å². The normalized spacial score (nSPS) is 14.3. The molecule has 1 atom stereocenters. The van der Waals surface area contributed by atoms with E-state index in [2.05, 4.69) is 26.0 Å². The molecule has 8 nitrogen and oxygen atoms in total. The van der Waals surface area contributed by atoms with Crippen LogP contribution in [0.15, 0.2) is 17.4 Å².